The molecule has 3 rings (SSSR count). The maximum atomic E-state index is 14.9. The van der Waals surface area contributed by atoms with E-state index < -0.39 is 12.0 Å². The molecule has 0 saturated carbocycles. The van der Waals surface area contributed by atoms with Crippen molar-refractivity contribution in [2.24, 2.45) is 17.8 Å². The van der Waals surface area contributed by atoms with E-state index in [1.807, 2.05) is 9.80 Å². The van der Waals surface area contributed by atoms with Gasteiger partial charge in [0.15, 0.2) is 0 Å². The van der Waals surface area contributed by atoms with Crippen LogP contribution < -0.4 is 0 Å². The molecule has 0 aromatic carbocycles. The Balaban J connectivity index is 1.38. The van der Waals surface area contributed by atoms with E-state index in [9.17, 15) is 13.6 Å². The van der Waals surface area contributed by atoms with Crippen molar-refractivity contribution in [2.75, 3.05) is 45.8 Å². The number of hydrogen-bond acceptors (Lipinski definition) is 3. The quantitative estimate of drug-likeness (QED) is 0.599. The third kappa shape index (κ3) is 6.15. The first-order chi connectivity index (χ1) is 14.3. The highest BCUT2D eigenvalue weighted by atomic mass is 19.3. The van der Waals surface area contributed by atoms with Gasteiger partial charge in [-0.2, -0.15) is 0 Å². The fourth-order valence-corrected chi connectivity index (χ4v) is 5.74. The molecule has 3 heterocycles. The van der Waals surface area contributed by atoms with Crippen molar-refractivity contribution >= 4 is 5.91 Å². The van der Waals surface area contributed by atoms with Crippen molar-refractivity contribution in [1.82, 2.24) is 14.7 Å². The molecule has 30 heavy (non-hydrogen) atoms. The van der Waals surface area contributed by atoms with Gasteiger partial charge in [-0.25, -0.2) is 8.78 Å². The van der Waals surface area contributed by atoms with Gasteiger partial charge in [-0.05, 0) is 75.9 Å². The number of halogens is 2. The maximum Gasteiger partial charge on any atom is 0.275 e. The van der Waals surface area contributed by atoms with E-state index in [1.165, 1.54) is 6.42 Å². The highest BCUT2D eigenvalue weighted by molar-refractivity contribution is 5.76. The van der Waals surface area contributed by atoms with Crippen LogP contribution in [0.4, 0.5) is 8.78 Å². The zero-order chi connectivity index (χ0) is 21.7. The predicted octanol–water partition coefficient (Wildman–Crippen LogP) is 4.49. The smallest absolute Gasteiger partial charge is 0.275 e. The molecular formula is C24H43F2N3O. The fraction of sp³-hybridized carbons (Fsp3) is 0.958. The van der Waals surface area contributed by atoms with Gasteiger partial charge in [-0.15, -0.1) is 0 Å². The summed E-state index contributed by atoms with van der Waals surface area (Å²) in [6, 6.07) is -0.608. The van der Waals surface area contributed by atoms with E-state index in [-0.39, 0.29) is 12.5 Å². The van der Waals surface area contributed by atoms with Gasteiger partial charge in [0, 0.05) is 26.1 Å². The van der Waals surface area contributed by atoms with Crippen LogP contribution in [0.1, 0.15) is 72.1 Å². The molecule has 0 aromatic heterocycles. The maximum absolute atomic E-state index is 14.9. The topological polar surface area (TPSA) is 26.8 Å². The Labute approximate surface area is 182 Å². The molecule has 3 saturated heterocycles. The average molecular weight is 428 g/mol. The summed E-state index contributed by atoms with van der Waals surface area (Å²) in [5, 5.41) is 0. The Hall–Kier alpha value is -0.750. The summed E-state index contributed by atoms with van der Waals surface area (Å²) in [7, 11) is 0. The first-order valence-electron chi connectivity index (χ1n) is 12.4. The van der Waals surface area contributed by atoms with Crippen LogP contribution in [0, 0.1) is 17.8 Å². The number of rotatable bonds is 7. The highest BCUT2D eigenvalue weighted by Gasteiger charge is 2.47. The fourth-order valence-electron chi connectivity index (χ4n) is 5.74. The molecule has 0 aliphatic carbocycles. The normalized spacial score (nSPS) is 27.7. The Morgan fingerprint density at radius 1 is 1.00 bits per heavy atom. The summed E-state index contributed by atoms with van der Waals surface area (Å²) < 4.78 is 29.9. The summed E-state index contributed by atoms with van der Waals surface area (Å²) >= 11 is 0. The van der Waals surface area contributed by atoms with Crippen LogP contribution in [-0.4, -0.2) is 78.4 Å². The molecule has 3 fully saturated rings. The summed E-state index contributed by atoms with van der Waals surface area (Å²) in [5.74, 6) is -0.363. The van der Waals surface area contributed by atoms with Gasteiger partial charge >= 0.3 is 0 Å². The number of likely N-dealkylation sites (tertiary alicyclic amines) is 3. The molecule has 1 amide bonds. The Kier molecular flexibility index (Phi) is 8.54. The lowest BCUT2D eigenvalue weighted by Crippen LogP contribution is -2.59. The molecule has 0 spiro atoms. The molecule has 3 aliphatic heterocycles. The minimum absolute atomic E-state index is 0.155. The first kappa shape index (κ1) is 23.9. The number of carbonyl (C=O) groups is 1. The second-order valence-corrected chi connectivity index (χ2v) is 10.3. The molecule has 4 nitrogen and oxygen atoms in total. The number of piperidine rings is 3. The number of amides is 1. The molecule has 0 N–H and O–H groups in total. The largest absolute Gasteiger partial charge is 0.343 e. The van der Waals surface area contributed by atoms with Crippen LogP contribution in [0.3, 0.4) is 0 Å². The van der Waals surface area contributed by atoms with Crippen molar-refractivity contribution in [3.63, 3.8) is 0 Å². The van der Waals surface area contributed by atoms with Gasteiger partial charge in [-0.1, -0.05) is 27.2 Å². The molecular weight excluding hydrogens is 384 g/mol. The number of alkyl halides is 2. The van der Waals surface area contributed by atoms with Gasteiger partial charge in [0.2, 0.25) is 5.91 Å². The van der Waals surface area contributed by atoms with E-state index >= 15 is 0 Å². The average Bonchev–Trinajstić information content (AvgIpc) is 2.73. The van der Waals surface area contributed by atoms with E-state index in [0.29, 0.717) is 37.6 Å². The van der Waals surface area contributed by atoms with E-state index in [4.69, 9.17) is 0 Å². The molecule has 0 aromatic rings. The van der Waals surface area contributed by atoms with Crippen molar-refractivity contribution in [1.29, 1.82) is 0 Å². The first-order valence-corrected chi connectivity index (χ1v) is 12.4. The van der Waals surface area contributed by atoms with Gasteiger partial charge in [0.1, 0.15) is 0 Å². The number of carbonyl (C=O) groups excluding carboxylic acids is 1. The lowest BCUT2D eigenvalue weighted by atomic mass is 9.85. The summed E-state index contributed by atoms with van der Waals surface area (Å²) in [6.45, 7) is 11.2. The van der Waals surface area contributed by atoms with E-state index in [2.05, 4.69) is 25.7 Å². The highest BCUT2D eigenvalue weighted by Crippen LogP contribution is 2.35. The summed E-state index contributed by atoms with van der Waals surface area (Å²) in [4.78, 5) is 18.4. The molecule has 3 aliphatic rings. The van der Waals surface area contributed by atoms with Crippen LogP contribution >= 0.6 is 0 Å². The standard InChI is InChI=1S/C24H43F2N3O/c1-4-20-7-14-29(15-8-20)23(30)6-5-12-27-13-11-22(24(25,26)18-27)28-16-9-21(10-17-28)19(2)3/h19-22H,4-18H2,1-3H3. The van der Waals surface area contributed by atoms with Crippen LogP contribution in [0.2, 0.25) is 0 Å². The molecule has 6 heteroatoms. The van der Waals surface area contributed by atoms with Crippen LogP contribution in [0.15, 0.2) is 0 Å². The molecule has 1 unspecified atom stereocenters. The third-order valence-electron chi connectivity index (χ3n) is 8.01. The minimum Gasteiger partial charge on any atom is -0.343 e. The van der Waals surface area contributed by atoms with Crippen LogP contribution in [0.25, 0.3) is 0 Å². The number of hydrogen-bond donors (Lipinski definition) is 0. The van der Waals surface area contributed by atoms with Crippen molar-refractivity contribution in [2.45, 2.75) is 84.1 Å². The Morgan fingerprint density at radius 3 is 2.23 bits per heavy atom. The van der Waals surface area contributed by atoms with Crippen LogP contribution in [0.5, 0.6) is 0 Å². The molecule has 174 valence electrons. The van der Waals surface area contributed by atoms with Crippen molar-refractivity contribution < 1.29 is 13.6 Å². The second-order valence-electron chi connectivity index (χ2n) is 10.3. The SMILES string of the molecule is CCC1CCN(C(=O)CCCN2CCC(N3CCC(C(C)C)CC3)C(F)(F)C2)CC1. The predicted molar refractivity (Wildman–Crippen MR) is 118 cm³/mol. The second kappa shape index (κ2) is 10.7. The molecule has 1 atom stereocenters. The van der Waals surface area contributed by atoms with Crippen molar-refractivity contribution in [3.05, 3.63) is 0 Å². The number of nitrogens with zero attached hydrogens (tertiary/aromatic N) is 3. The Morgan fingerprint density at radius 2 is 1.67 bits per heavy atom. The van der Waals surface area contributed by atoms with Gasteiger partial charge < -0.3 is 4.90 Å². The third-order valence-corrected chi connectivity index (χ3v) is 8.01. The van der Waals surface area contributed by atoms with Crippen LogP contribution in [-0.2, 0) is 4.79 Å². The lowest BCUT2D eigenvalue weighted by molar-refractivity contribution is -0.135. The summed E-state index contributed by atoms with van der Waals surface area (Å²) in [6.07, 6.45) is 7.22. The van der Waals surface area contributed by atoms with E-state index in [0.717, 1.165) is 64.3 Å². The van der Waals surface area contributed by atoms with Gasteiger partial charge in [0.05, 0.1) is 12.6 Å². The van der Waals surface area contributed by atoms with Crippen molar-refractivity contribution in [3.8, 4) is 0 Å². The van der Waals surface area contributed by atoms with E-state index in [1.54, 1.807) is 0 Å². The molecule has 0 radical (unpaired) electrons. The molecule has 0 bridgehead atoms. The summed E-state index contributed by atoms with van der Waals surface area (Å²) in [5.41, 5.74) is 0. The minimum atomic E-state index is -2.66. The zero-order valence-electron chi connectivity index (χ0n) is 19.4. The monoisotopic (exact) mass is 427 g/mol. The lowest BCUT2D eigenvalue weighted by Gasteiger charge is -2.46. The Bertz CT molecular complexity index is 541. The van der Waals surface area contributed by atoms with Gasteiger partial charge in [-0.3, -0.25) is 14.6 Å². The zero-order valence-corrected chi connectivity index (χ0v) is 19.4. The van der Waals surface area contributed by atoms with Gasteiger partial charge in [0.25, 0.3) is 5.92 Å².